The van der Waals surface area contributed by atoms with Crippen LogP contribution in [0.2, 0.25) is 5.02 Å². The summed E-state index contributed by atoms with van der Waals surface area (Å²) in [6.07, 6.45) is 1.32. The van der Waals surface area contributed by atoms with E-state index < -0.39 is 16.9 Å². The SMILES string of the molecule is O=C(NC1CCCNC1=O)c1ccc(Cl)c([N+](=O)[O-])c1. The molecule has 0 bridgehead atoms. The number of hydrogen-bond donors (Lipinski definition) is 2. The molecule has 1 aromatic carbocycles. The molecule has 0 aliphatic carbocycles. The number of carbonyl (C=O) groups excluding carboxylic acids is 2. The van der Waals surface area contributed by atoms with E-state index in [2.05, 4.69) is 10.6 Å². The number of amides is 2. The van der Waals surface area contributed by atoms with E-state index in [0.717, 1.165) is 12.5 Å². The Bertz CT molecular complexity index is 576. The molecule has 1 aliphatic rings. The molecule has 0 spiro atoms. The first-order valence-electron chi connectivity index (χ1n) is 6.01. The normalized spacial score (nSPS) is 18.2. The fourth-order valence-corrected chi connectivity index (χ4v) is 2.13. The van der Waals surface area contributed by atoms with Gasteiger partial charge in [-0.15, -0.1) is 0 Å². The Morgan fingerprint density at radius 3 is 2.90 bits per heavy atom. The maximum atomic E-state index is 12.0. The van der Waals surface area contributed by atoms with Gasteiger partial charge >= 0.3 is 0 Å². The van der Waals surface area contributed by atoms with Crippen molar-refractivity contribution in [2.24, 2.45) is 0 Å². The van der Waals surface area contributed by atoms with Crippen molar-refractivity contribution in [1.82, 2.24) is 10.6 Å². The molecule has 0 saturated carbocycles. The summed E-state index contributed by atoms with van der Waals surface area (Å²) < 4.78 is 0. The van der Waals surface area contributed by atoms with Crippen LogP contribution in [-0.2, 0) is 4.79 Å². The third-order valence-corrected chi connectivity index (χ3v) is 3.32. The minimum Gasteiger partial charge on any atom is -0.354 e. The van der Waals surface area contributed by atoms with Gasteiger partial charge < -0.3 is 10.6 Å². The van der Waals surface area contributed by atoms with Gasteiger partial charge in [-0.2, -0.15) is 0 Å². The minimum atomic E-state index is -0.660. The zero-order valence-electron chi connectivity index (χ0n) is 10.4. The highest BCUT2D eigenvalue weighted by Crippen LogP contribution is 2.25. The summed E-state index contributed by atoms with van der Waals surface area (Å²) in [7, 11) is 0. The summed E-state index contributed by atoms with van der Waals surface area (Å²) in [6.45, 7) is 0.595. The van der Waals surface area contributed by atoms with Crippen molar-refractivity contribution in [1.29, 1.82) is 0 Å². The first kappa shape index (κ1) is 14.3. The summed E-state index contributed by atoms with van der Waals surface area (Å²) in [6, 6.07) is 3.16. The van der Waals surface area contributed by atoms with E-state index in [9.17, 15) is 19.7 Å². The highest BCUT2D eigenvalue weighted by atomic mass is 35.5. The quantitative estimate of drug-likeness (QED) is 0.647. The zero-order chi connectivity index (χ0) is 14.7. The minimum absolute atomic E-state index is 0.0399. The Kier molecular flexibility index (Phi) is 4.19. The van der Waals surface area contributed by atoms with Crippen molar-refractivity contribution in [2.45, 2.75) is 18.9 Å². The van der Waals surface area contributed by atoms with Gasteiger partial charge in [0.05, 0.1) is 4.92 Å². The number of piperidine rings is 1. The van der Waals surface area contributed by atoms with E-state index in [1.165, 1.54) is 12.1 Å². The second-order valence-electron chi connectivity index (χ2n) is 4.38. The molecule has 1 atom stereocenters. The smallest absolute Gasteiger partial charge is 0.288 e. The Morgan fingerprint density at radius 1 is 1.50 bits per heavy atom. The monoisotopic (exact) mass is 297 g/mol. The molecule has 1 aliphatic heterocycles. The van der Waals surface area contributed by atoms with Crippen LogP contribution in [0.5, 0.6) is 0 Å². The molecule has 2 N–H and O–H groups in total. The summed E-state index contributed by atoms with van der Waals surface area (Å²) in [4.78, 5) is 33.6. The number of halogens is 1. The maximum Gasteiger partial charge on any atom is 0.288 e. The van der Waals surface area contributed by atoms with E-state index >= 15 is 0 Å². The first-order chi connectivity index (χ1) is 9.49. The lowest BCUT2D eigenvalue weighted by Gasteiger charge is -2.22. The summed E-state index contributed by atoms with van der Waals surface area (Å²) >= 11 is 5.67. The number of rotatable bonds is 3. The second-order valence-corrected chi connectivity index (χ2v) is 4.79. The fourth-order valence-electron chi connectivity index (χ4n) is 1.95. The number of hydrogen-bond acceptors (Lipinski definition) is 4. The van der Waals surface area contributed by atoms with Gasteiger partial charge in [0.25, 0.3) is 11.6 Å². The summed E-state index contributed by atoms with van der Waals surface area (Å²) in [5.41, 5.74) is -0.244. The third-order valence-electron chi connectivity index (χ3n) is 3.00. The molecule has 20 heavy (non-hydrogen) atoms. The lowest BCUT2D eigenvalue weighted by atomic mass is 10.1. The molecular formula is C12H12ClN3O4. The van der Waals surface area contributed by atoms with Crippen molar-refractivity contribution in [3.8, 4) is 0 Å². The van der Waals surface area contributed by atoms with Gasteiger partial charge in [0.2, 0.25) is 5.91 Å². The van der Waals surface area contributed by atoms with Crippen LogP contribution in [0, 0.1) is 10.1 Å². The van der Waals surface area contributed by atoms with Crippen LogP contribution >= 0.6 is 11.6 Å². The van der Waals surface area contributed by atoms with Crippen LogP contribution in [0.15, 0.2) is 18.2 Å². The predicted molar refractivity (Wildman–Crippen MR) is 71.6 cm³/mol. The number of nitrogens with one attached hydrogen (secondary N) is 2. The molecule has 1 aromatic rings. The molecule has 106 valence electrons. The van der Waals surface area contributed by atoms with Gasteiger partial charge in [-0.3, -0.25) is 19.7 Å². The third kappa shape index (κ3) is 3.05. The van der Waals surface area contributed by atoms with E-state index in [1.54, 1.807) is 0 Å². The summed E-state index contributed by atoms with van der Waals surface area (Å²) in [5, 5.41) is 15.9. The van der Waals surface area contributed by atoms with Crippen LogP contribution in [0.1, 0.15) is 23.2 Å². The van der Waals surface area contributed by atoms with Crippen molar-refractivity contribution in [3.05, 3.63) is 38.9 Å². The Morgan fingerprint density at radius 2 is 2.25 bits per heavy atom. The highest BCUT2D eigenvalue weighted by Gasteiger charge is 2.25. The Balaban J connectivity index is 2.15. The molecule has 1 heterocycles. The van der Waals surface area contributed by atoms with E-state index in [4.69, 9.17) is 11.6 Å². The van der Waals surface area contributed by atoms with Gasteiger partial charge in [-0.1, -0.05) is 11.6 Å². The Hall–Kier alpha value is -2.15. The average molecular weight is 298 g/mol. The molecule has 2 rings (SSSR count). The van der Waals surface area contributed by atoms with Crippen LogP contribution in [0.25, 0.3) is 0 Å². The van der Waals surface area contributed by atoms with E-state index in [0.29, 0.717) is 13.0 Å². The number of nitrogens with zero attached hydrogens (tertiary/aromatic N) is 1. The maximum absolute atomic E-state index is 12.0. The molecule has 8 heteroatoms. The second kappa shape index (κ2) is 5.87. The lowest BCUT2D eigenvalue weighted by molar-refractivity contribution is -0.384. The predicted octanol–water partition coefficient (Wildman–Crippen LogP) is 1.26. The standard InChI is InChI=1S/C12H12ClN3O4/c13-8-4-3-7(6-10(8)16(19)20)11(17)15-9-2-1-5-14-12(9)18/h3-4,6,9H,1-2,5H2,(H,14,18)(H,15,17). The Labute approximate surface area is 119 Å². The highest BCUT2D eigenvalue weighted by molar-refractivity contribution is 6.32. The number of carbonyl (C=O) groups is 2. The number of nitro benzene ring substituents is 1. The molecule has 1 unspecified atom stereocenters. The van der Waals surface area contributed by atoms with E-state index in [1.807, 2.05) is 0 Å². The summed E-state index contributed by atoms with van der Waals surface area (Å²) in [5.74, 6) is -0.778. The van der Waals surface area contributed by atoms with Crippen molar-refractivity contribution < 1.29 is 14.5 Å². The average Bonchev–Trinajstić information content (AvgIpc) is 2.41. The van der Waals surface area contributed by atoms with Crippen LogP contribution in [0.4, 0.5) is 5.69 Å². The molecule has 1 fully saturated rings. The number of benzene rings is 1. The van der Waals surface area contributed by atoms with Crippen molar-refractivity contribution in [2.75, 3.05) is 6.54 Å². The molecule has 1 saturated heterocycles. The van der Waals surface area contributed by atoms with Gasteiger partial charge in [0.1, 0.15) is 11.1 Å². The lowest BCUT2D eigenvalue weighted by Crippen LogP contribution is -2.50. The fraction of sp³-hybridized carbons (Fsp3) is 0.333. The number of nitro groups is 1. The van der Waals surface area contributed by atoms with Crippen LogP contribution in [0.3, 0.4) is 0 Å². The van der Waals surface area contributed by atoms with E-state index in [-0.39, 0.29) is 22.2 Å². The molecule has 0 aromatic heterocycles. The van der Waals surface area contributed by atoms with Crippen molar-refractivity contribution in [3.63, 3.8) is 0 Å². The van der Waals surface area contributed by atoms with Gasteiger partial charge in [0.15, 0.2) is 0 Å². The van der Waals surface area contributed by atoms with Crippen LogP contribution < -0.4 is 10.6 Å². The molecular weight excluding hydrogens is 286 g/mol. The first-order valence-corrected chi connectivity index (χ1v) is 6.39. The van der Waals surface area contributed by atoms with Gasteiger partial charge in [-0.25, -0.2) is 0 Å². The van der Waals surface area contributed by atoms with Gasteiger partial charge in [0, 0.05) is 18.2 Å². The molecule has 7 nitrogen and oxygen atoms in total. The largest absolute Gasteiger partial charge is 0.354 e. The zero-order valence-corrected chi connectivity index (χ0v) is 11.1. The van der Waals surface area contributed by atoms with Gasteiger partial charge in [-0.05, 0) is 25.0 Å². The van der Waals surface area contributed by atoms with Crippen LogP contribution in [-0.4, -0.2) is 29.3 Å². The topological polar surface area (TPSA) is 101 Å². The molecule has 0 radical (unpaired) electrons. The molecule has 2 amide bonds. The van der Waals surface area contributed by atoms with Crippen molar-refractivity contribution >= 4 is 29.1 Å².